The predicted molar refractivity (Wildman–Crippen MR) is 91.1 cm³/mol. The van der Waals surface area contributed by atoms with E-state index in [-0.39, 0.29) is 36.4 Å². The van der Waals surface area contributed by atoms with Gasteiger partial charge < -0.3 is 20.3 Å². The van der Waals surface area contributed by atoms with E-state index in [1.807, 2.05) is 31.2 Å². The number of carbonyl (C=O) groups excluding carboxylic acids is 2. The van der Waals surface area contributed by atoms with Crippen LogP contribution in [-0.4, -0.2) is 43.7 Å². The number of hydrogen-bond acceptors (Lipinski definition) is 4. The smallest absolute Gasteiger partial charge is 0.244 e. The van der Waals surface area contributed by atoms with Crippen molar-refractivity contribution in [2.75, 3.05) is 29.9 Å². The van der Waals surface area contributed by atoms with Crippen LogP contribution < -0.4 is 15.5 Å². The quantitative estimate of drug-likeness (QED) is 0.876. The van der Waals surface area contributed by atoms with Crippen molar-refractivity contribution >= 4 is 35.6 Å². The first kappa shape index (κ1) is 17.7. The van der Waals surface area contributed by atoms with E-state index in [2.05, 4.69) is 10.6 Å². The molecular weight excluding hydrogens is 318 g/mol. The molecule has 2 atom stereocenters. The minimum Gasteiger partial charge on any atom is -0.375 e. The third-order valence-corrected chi connectivity index (χ3v) is 4.10. The van der Waals surface area contributed by atoms with Gasteiger partial charge in [0.2, 0.25) is 11.8 Å². The lowest BCUT2D eigenvalue weighted by molar-refractivity contribution is -0.123. The third-order valence-electron chi connectivity index (χ3n) is 4.10. The molecule has 2 aliphatic heterocycles. The van der Waals surface area contributed by atoms with Gasteiger partial charge in [-0.15, -0.1) is 12.4 Å². The van der Waals surface area contributed by atoms with E-state index in [4.69, 9.17) is 4.74 Å². The highest BCUT2D eigenvalue weighted by atomic mass is 35.5. The summed E-state index contributed by atoms with van der Waals surface area (Å²) >= 11 is 0. The molecule has 6 nitrogen and oxygen atoms in total. The fraction of sp³-hybridized carbons (Fsp3) is 0.500. The molecule has 0 radical (unpaired) electrons. The van der Waals surface area contributed by atoms with Gasteiger partial charge in [0.15, 0.2) is 0 Å². The zero-order valence-corrected chi connectivity index (χ0v) is 13.9. The Hall–Kier alpha value is -1.63. The van der Waals surface area contributed by atoms with E-state index in [9.17, 15) is 9.59 Å². The first-order chi connectivity index (χ1) is 10.6. The second-order valence-corrected chi connectivity index (χ2v) is 5.70. The molecule has 0 aromatic heterocycles. The van der Waals surface area contributed by atoms with Gasteiger partial charge >= 0.3 is 0 Å². The molecule has 2 saturated heterocycles. The molecule has 0 unspecified atom stereocenters. The Morgan fingerprint density at radius 1 is 1.43 bits per heavy atom. The maximum Gasteiger partial charge on any atom is 0.244 e. The molecule has 2 heterocycles. The number of carbonyl (C=O) groups is 2. The largest absolute Gasteiger partial charge is 0.375 e. The first-order valence-corrected chi connectivity index (χ1v) is 7.71. The molecular formula is C16H22ClN3O3. The lowest BCUT2D eigenvalue weighted by Crippen LogP contribution is -2.53. The Labute approximate surface area is 142 Å². The number of nitrogens with one attached hydrogen (secondary N) is 2. The molecule has 2 fully saturated rings. The lowest BCUT2D eigenvalue weighted by Gasteiger charge is -2.29. The van der Waals surface area contributed by atoms with Gasteiger partial charge in [0, 0.05) is 30.9 Å². The third kappa shape index (κ3) is 4.02. The summed E-state index contributed by atoms with van der Waals surface area (Å²) in [7, 11) is 0. The average Bonchev–Trinajstić information content (AvgIpc) is 2.94. The van der Waals surface area contributed by atoms with Crippen molar-refractivity contribution in [3.63, 3.8) is 0 Å². The summed E-state index contributed by atoms with van der Waals surface area (Å²) in [5, 5.41) is 6.07. The summed E-state index contributed by atoms with van der Waals surface area (Å²) in [6.07, 6.45) is 1.32. The Bertz CT molecular complexity index is 581. The van der Waals surface area contributed by atoms with E-state index in [0.29, 0.717) is 25.3 Å². The van der Waals surface area contributed by atoms with Gasteiger partial charge in [-0.3, -0.25) is 9.59 Å². The van der Waals surface area contributed by atoms with Gasteiger partial charge in [-0.05, 0) is 31.5 Å². The molecule has 23 heavy (non-hydrogen) atoms. The molecule has 1 aromatic rings. The van der Waals surface area contributed by atoms with Crippen LogP contribution in [0.4, 0.5) is 11.4 Å². The van der Waals surface area contributed by atoms with Crippen molar-refractivity contribution in [2.24, 2.45) is 0 Å². The van der Waals surface area contributed by atoms with E-state index >= 15 is 0 Å². The van der Waals surface area contributed by atoms with Crippen molar-refractivity contribution < 1.29 is 14.3 Å². The van der Waals surface area contributed by atoms with Gasteiger partial charge in [0.1, 0.15) is 6.04 Å². The number of anilines is 2. The summed E-state index contributed by atoms with van der Waals surface area (Å²) in [6.45, 7) is 3.92. The van der Waals surface area contributed by atoms with Crippen LogP contribution in [0.5, 0.6) is 0 Å². The Morgan fingerprint density at radius 3 is 2.96 bits per heavy atom. The molecule has 126 valence electrons. The average molecular weight is 340 g/mol. The minimum absolute atomic E-state index is 0. The zero-order valence-electron chi connectivity index (χ0n) is 13.1. The summed E-state index contributed by atoms with van der Waals surface area (Å²) in [4.78, 5) is 25.9. The Morgan fingerprint density at radius 2 is 2.26 bits per heavy atom. The number of hydrogen-bond donors (Lipinski definition) is 2. The van der Waals surface area contributed by atoms with Crippen LogP contribution in [0.25, 0.3) is 0 Å². The molecule has 2 aliphatic rings. The highest BCUT2D eigenvalue weighted by Crippen LogP contribution is 2.24. The molecule has 3 rings (SSSR count). The van der Waals surface area contributed by atoms with Crippen LogP contribution in [0.1, 0.15) is 19.8 Å². The van der Waals surface area contributed by atoms with Crippen molar-refractivity contribution in [1.29, 1.82) is 0 Å². The fourth-order valence-corrected chi connectivity index (χ4v) is 2.92. The van der Waals surface area contributed by atoms with Gasteiger partial charge in [0.25, 0.3) is 0 Å². The molecule has 2 amide bonds. The van der Waals surface area contributed by atoms with Gasteiger partial charge in [0.05, 0.1) is 12.7 Å². The molecule has 1 aromatic carbocycles. The topological polar surface area (TPSA) is 70.7 Å². The van der Waals surface area contributed by atoms with E-state index < -0.39 is 0 Å². The van der Waals surface area contributed by atoms with Crippen LogP contribution >= 0.6 is 12.4 Å². The number of rotatable bonds is 3. The number of morpholine rings is 1. The van der Waals surface area contributed by atoms with Crippen LogP contribution in [0.3, 0.4) is 0 Å². The summed E-state index contributed by atoms with van der Waals surface area (Å²) in [6, 6.07) is 7.06. The zero-order chi connectivity index (χ0) is 15.5. The second-order valence-electron chi connectivity index (χ2n) is 5.70. The van der Waals surface area contributed by atoms with Crippen molar-refractivity contribution in [2.45, 2.75) is 31.9 Å². The van der Waals surface area contributed by atoms with E-state index in [1.54, 1.807) is 4.90 Å². The minimum atomic E-state index is -0.356. The van der Waals surface area contributed by atoms with Crippen LogP contribution in [-0.2, 0) is 14.3 Å². The normalized spacial score (nSPS) is 24.2. The van der Waals surface area contributed by atoms with Crippen LogP contribution in [0, 0.1) is 0 Å². The number of ether oxygens (including phenoxy) is 1. The second kappa shape index (κ2) is 7.77. The van der Waals surface area contributed by atoms with Gasteiger partial charge in [-0.2, -0.15) is 0 Å². The van der Waals surface area contributed by atoms with Gasteiger partial charge in [-0.25, -0.2) is 0 Å². The maximum absolute atomic E-state index is 12.3. The maximum atomic E-state index is 12.3. The first-order valence-electron chi connectivity index (χ1n) is 7.71. The fourth-order valence-electron chi connectivity index (χ4n) is 2.92. The molecule has 2 N–H and O–H groups in total. The summed E-state index contributed by atoms with van der Waals surface area (Å²) in [5.41, 5.74) is 1.53. The SMILES string of the molecule is C[C@H]1OCCN[C@@H]1C(=O)Nc1cccc(N2CCCC2=O)c1.Cl. The van der Waals surface area contributed by atoms with Crippen molar-refractivity contribution in [1.82, 2.24) is 5.32 Å². The van der Waals surface area contributed by atoms with E-state index in [1.165, 1.54) is 0 Å². The summed E-state index contributed by atoms with van der Waals surface area (Å²) < 4.78 is 5.49. The predicted octanol–water partition coefficient (Wildman–Crippen LogP) is 1.55. The number of benzene rings is 1. The highest BCUT2D eigenvalue weighted by Gasteiger charge is 2.28. The number of nitrogens with zero attached hydrogens (tertiary/aromatic N) is 1. The lowest BCUT2D eigenvalue weighted by atomic mass is 10.1. The Kier molecular flexibility index (Phi) is 5.98. The molecule has 0 spiro atoms. The van der Waals surface area contributed by atoms with E-state index in [0.717, 1.165) is 18.7 Å². The number of halogens is 1. The molecule has 0 aliphatic carbocycles. The molecule has 7 heteroatoms. The number of amides is 2. The molecule has 0 bridgehead atoms. The van der Waals surface area contributed by atoms with Crippen molar-refractivity contribution in [3.8, 4) is 0 Å². The Balaban J connectivity index is 0.00000192. The molecule has 0 saturated carbocycles. The summed E-state index contributed by atoms with van der Waals surface area (Å²) in [5.74, 6) is 0.0246. The van der Waals surface area contributed by atoms with Crippen LogP contribution in [0.15, 0.2) is 24.3 Å². The monoisotopic (exact) mass is 339 g/mol. The van der Waals surface area contributed by atoms with Crippen LogP contribution in [0.2, 0.25) is 0 Å². The van der Waals surface area contributed by atoms with Gasteiger partial charge in [-0.1, -0.05) is 6.07 Å². The highest BCUT2D eigenvalue weighted by molar-refractivity contribution is 5.98. The van der Waals surface area contributed by atoms with Crippen molar-refractivity contribution in [3.05, 3.63) is 24.3 Å². The standard InChI is InChI=1S/C16H21N3O3.ClH/c1-11-15(17-7-9-22-11)16(21)18-12-4-2-5-13(10-12)19-8-3-6-14(19)20;/h2,4-5,10-11,15,17H,3,6-9H2,1H3,(H,18,21);1H/t11-,15+;/m1./s1.